The van der Waals surface area contributed by atoms with E-state index in [1.54, 1.807) is 0 Å². The molecule has 1 rings (SSSR count). The summed E-state index contributed by atoms with van der Waals surface area (Å²) in [6.07, 6.45) is 4.61. The number of nitrogens with one attached hydrogen (secondary N) is 1. The van der Waals surface area contributed by atoms with Crippen molar-refractivity contribution in [1.29, 1.82) is 0 Å². The molecule has 3 heteroatoms. The Labute approximate surface area is 99.8 Å². The van der Waals surface area contributed by atoms with Gasteiger partial charge in [-0.15, -0.1) is 11.8 Å². The van der Waals surface area contributed by atoms with Gasteiger partial charge in [-0.2, -0.15) is 0 Å². The summed E-state index contributed by atoms with van der Waals surface area (Å²) < 4.78 is 0. The Morgan fingerprint density at radius 3 is 2.69 bits per heavy atom. The van der Waals surface area contributed by atoms with Crippen molar-refractivity contribution >= 4 is 0 Å². The minimum absolute atomic E-state index is 0.604. The quantitative estimate of drug-likeness (QED) is 0.540. The highest BCUT2D eigenvalue weighted by Gasteiger charge is 2.17. The lowest BCUT2D eigenvalue weighted by molar-refractivity contribution is 0.186. The van der Waals surface area contributed by atoms with Crippen molar-refractivity contribution in [2.24, 2.45) is 11.7 Å². The number of rotatable bonds is 5. The molecule has 0 amide bonds. The van der Waals surface area contributed by atoms with Crippen molar-refractivity contribution in [2.75, 3.05) is 32.8 Å². The summed E-state index contributed by atoms with van der Waals surface area (Å²) in [7, 11) is 0. The monoisotopic (exact) mass is 223 g/mol. The van der Waals surface area contributed by atoms with Crippen LogP contribution in [0, 0.1) is 17.8 Å². The molecule has 1 aliphatic rings. The van der Waals surface area contributed by atoms with Crippen LogP contribution in [-0.4, -0.2) is 37.7 Å². The predicted octanol–water partition coefficient (Wildman–Crippen LogP) is 1.01. The number of nitrogens with zero attached hydrogens (tertiary/aromatic N) is 1. The van der Waals surface area contributed by atoms with Crippen LogP contribution < -0.4 is 11.1 Å². The van der Waals surface area contributed by atoms with Crippen LogP contribution in [0.2, 0.25) is 0 Å². The molecule has 0 spiro atoms. The van der Waals surface area contributed by atoms with Gasteiger partial charge in [0.05, 0.1) is 0 Å². The van der Waals surface area contributed by atoms with E-state index in [0.717, 1.165) is 31.8 Å². The topological polar surface area (TPSA) is 41.3 Å². The highest BCUT2D eigenvalue weighted by Crippen LogP contribution is 2.16. The van der Waals surface area contributed by atoms with Crippen LogP contribution in [0.15, 0.2) is 0 Å². The fourth-order valence-corrected chi connectivity index (χ4v) is 2.13. The molecule has 1 aliphatic heterocycles. The first kappa shape index (κ1) is 13.5. The normalized spacial score (nSPS) is 18.1. The lowest BCUT2D eigenvalue weighted by Crippen LogP contribution is -2.38. The maximum Gasteiger partial charge on any atom is 0.0428 e. The first-order chi connectivity index (χ1) is 7.86. The molecule has 0 aromatic heterocycles. The zero-order valence-electron chi connectivity index (χ0n) is 10.5. The molecule has 16 heavy (non-hydrogen) atoms. The van der Waals surface area contributed by atoms with Gasteiger partial charge in [0, 0.05) is 26.1 Å². The van der Waals surface area contributed by atoms with Crippen molar-refractivity contribution in [3.05, 3.63) is 0 Å². The second-order valence-corrected chi connectivity index (χ2v) is 4.40. The van der Waals surface area contributed by atoms with Gasteiger partial charge < -0.3 is 16.0 Å². The Kier molecular flexibility index (Phi) is 7.24. The second-order valence-electron chi connectivity index (χ2n) is 4.40. The van der Waals surface area contributed by atoms with Crippen molar-refractivity contribution < 1.29 is 0 Å². The Bertz CT molecular complexity index is 221. The number of nitrogens with two attached hydrogens (primary N) is 1. The number of hydrogen-bond donors (Lipinski definition) is 2. The molecule has 1 saturated heterocycles. The average molecular weight is 223 g/mol. The third-order valence-corrected chi connectivity index (χ3v) is 3.14. The maximum atomic E-state index is 5.43. The highest BCUT2D eigenvalue weighted by atomic mass is 15.1. The van der Waals surface area contributed by atoms with Gasteiger partial charge in [0.1, 0.15) is 0 Å². The SMILES string of the molecule is CCC#CCCN1CCC(CNCN)CC1. The molecular weight excluding hydrogens is 198 g/mol. The Morgan fingerprint density at radius 1 is 1.31 bits per heavy atom. The van der Waals surface area contributed by atoms with Gasteiger partial charge in [-0.1, -0.05) is 6.92 Å². The minimum Gasteiger partial charge on any atom is -0.318 e. The third-order valence-electron chi connectivity index (χ3n) is 3.14. The van der Waals surface area contributed by atoms with Crippen LogP contribution in [0.5, 0.6) is 0 Å². The molecule has 0 aromatic carbocycles. The molecule has 0 atom stereocenters. The molecular formula is C13H25N3. The zero-order chi connectivity index (χ0) is 11.6. The summed E-state index contributed by atoms with van der Waals surface area (Å²) in [5, 5.41) is 3.23. The third kappa shape index (κ3) is 5.50. The van der Waals surface area contributed by atoms with Crippen molar-refractivity contribution in [2.45, 2.75) is 32.6 Å². The number of piperidine rings is 1. The molecule has 0 radical (unpaired) electrons. The number of likely N-dealkylation sites (tertiary alicyclic amines) is 1. The van der Waals surface area contributed by atoms with Gasteiger partial charge in [-0.3, -0.25) is 0 Å². The Hall–Kier alpha value is -0.560. The van der Waals surface area contributed by atoms with E-state index in [1.165, 1.54) is 25.9 Å². The first-order valence-corrected chi connectivity index (χ1v) is 6.45. The average Bonchev–Trinajstić information content (AvgIpc) is 2.33. The maximum absolute atomic E-state index is 5.43. The van der Waals surface area contributed by atoms with Crippen LogP contribution in [0.3, 0.4) is 0 Å². The van der Waals surface area contributed by atoms with Gasteiger partial charge in [0.25, 0.3) is 0 Å². The zero-order valence-corrected chi connectivity index (χ0v) is 10.5. The molecule has 3 N–H and O–H groups in total. The summed E-state index contributed by atoms with van der Waals surface area (Å²) in [5.41, 5.74) is 5.43. The fourth-order valence-electron chi connectivity index (χ4n) is 2.13. The Morgan fingerprint density at radius 2 is 2.06 bits per heavy atom. The summed E-state index contributed by atoms with van der Waals surface area (Å²) in [6, 6.07) is 0. The van der Waals surface area contributed by atoms with E-state index in [0.29, 0.717) is 6.67 Å². The van der Waals surface area contributed by atoms with Crippen molar-refractivity contribution in [3.63, 3.8) is 0 Å². The molecule has 3 nitrogen and oxygen atoms in total. The van der Waals surface area contributed by atoms with E-state index in [9.17, 15) is 0 Å². The van der Waals surface area contributed by atoms with Gasteiger partial charge >= 0.3 is 0 Å². The van der Waals surface area contributed by atoms with Crippen LogP contribution in [0.4, 0.5) is 0 Å². The number of hydrogen-bond acceptors (Lipinski definition) is 3. The van der Waals surface area contributed by atoms with E-state index in [2.05, 4.69) is 29.0 Å². The van der Waals surface area contributed by atoms with Crippen LogP contribution in [-0.2, 0) is 0 Å². The Balaban J connectivity index is 2.07. The van der Waals surface area contributed by atoms with Crippen LogP contribution in [0.1, 0.15) is 32.6 Å². The lowest BCUT2D eigenvalue weighted by atomic mass is 9.97. The lowest BCUT2D eigenvalue weighted by Gasteiger charge is -2.31. The van der Waals surface area contributed by atoms with Gasteiger partial charge in [0.15, 0.2) is 0 Å². The standard InChI is InChI=1S/C13H25N3/c1-2-3-4-5-8-16-9-6-13(7-10-16)11-15-12-14/h13,15H,2,5-12,14H2,1H3. The van der Waals surface area contributed by atoms with Crippen LogP contribution >= 0.6 is 0 Å². The van der Waals surface area contributed by atoms with Crippen molar-refractivity contribution in [1.82, 2.24) is 10.2 Å². The molecule has 0 saturated carbocycles. The van der Waals surface area contributed by atoms with Crippen molar-refractivity contribution in [3.8, 4) is 11.8 Å². The van der Waals surface area contributed by atoms with Crippen LogP contribution in [0.25, 0.3) is 0 Å². The predicted molar refractivity (Wildman–Crippen MR) is 68.9 cm³/mol. The molecule has 0 bridgehead atoms. The molecule has 1 heterocycles. The molecule has 0 unspecified atom stereocenters. The van der Waals surface area contributed by atoms with E-state index < -0.39 is 0 Å². The molecule has 0 aliphatic carbocycles. The highest BCUT2D eigenvalue weighted by molar-refractivity contribution is 4.98. The van der Waals surface area contributed by atoms with Gasteiger partial charge in [0.2, 0.25) is 0 Å². The minimum atomic E-state index is 0.604. The summed E-state index contributed by atoms with van der Waals surface area (Å²) in [5.74, 6) is 7.15. The van der Waals surface area contributed by atoms with Gasteiger partial charge in [-0.25, -0.2) is 0 Å². The largest absolute Gasteiger partial charge is 0.318 e. The van der Waals surface area contributed by atoms with E-state index in [1.807, 2.05) is 0 Å². The first-order valence-electron chi connectivity index (χ1n) is 6.45. The fraction of sp³-hybridized carbons (Fsp3) is 0.846. The van der Waals surface area contributed by atoms with E-state index >= 15 is 0 Å². The molecule has 92 valence electrons. The van der Waals surface area contributed by atoms with E-state index in [-0.39, 0.29) is 0 Å². The summed E-state index contributed by atoms with van der Waals surface area (Å²) in [6.45, 7) is 7.38. The van der Waals surface area contributed by atoms with E-state index in [4.69, 9.17) is 5.73 Å². The smallest absolute Gasteiger partial charge is 0.0428 e. The molecule has 0 aromatic rings. The summed E-state index contributed by atoms with van der Waals surface area (Å²) in [4.78, 5) is 2.53. The molecule has 1 fully saturated rings. The summed E-state index contributed by atoms with van der Waals surface area (Å²) >= 11 is 0. The van der Waals surface area contributed by atoms with Gasteiger partial charge in [-0.05, 0) is 38.4 Å². The second kappa shape index (κ2) is 8.58.